The molecule has 1 unspecified atom stereocenters. The monoisotopic (exact) mass is 1330 g/mol. The third kappa shape index (κ3) is 18.1. The van der Waals surface area contributed by atoms with E-state index in [4.69, 9.17) is 10.5 Å². The molecule has 16 N–H and O–H groups in total. The van der Waals surface area contributed by atoms with Crippen LogP contribution in [0.4, 0.5) is 5.69 Å². The van der Waals surface area contributed by atoms with Gasteiger partial charge in [-0.3, -0.25) is 77.3 Å². The first-order valence-electron chi connectivity index (χ1n) is 30.5. The standard InChI is InChI=1S/C61H80N14O18S/c1-7-30(4)51-56(89)64-22-46(82)67-42-27-94-59-38(19-40(54(87)63-23-47(83)72-51)68-58(91)52(31(5)43(79)25-76)73-61(28-77)21-35(78)24-75(61)60(92)41(20-44(62)80)69-55(42)88)37-13-12-36(18-39(37)70-59)93-26-33-8-10-34(11-9-33)66-53(86)32(6)65-57(90)50(29(2)3)71-45(81)16-17-74-48(84)14-15-49(74)85/h8-15,18,28-32,35,40-43,50-52,70,73,76,78-79H,7,16-17,19-27H2,1-6H3,(H2,62,80)(H,63,87)(H,64,89)(H,65,90)(H,66,86)(H,67,82)(H,68,91)(H,69,88)(H,71,81)(H,72,83)/t30-,31-,32-,35+,40-,41-,42?,43-,50-,51-,52-,61-/m0/s1. The fourth-order valence-electron chi connectivity index (χ4n) is 10.9. The van der Waals surface area contributed by atoms with Gasteiger partial charge in [-0.15, -0.1) is 11.8 Å². The number of carbonyl (C=O) groups is 14. The summed E-state index contributed by atoms with van der Waals surface area (Å²) in [4.78, 5) is 195. The Hall–Kier alpha value is -9.31. The average molecular weight is 1330 g/mol. The molecule has 94 heavy (non-hydrogen) atoms. The van der Waals surface area contributed by atoms with Crippen molar-refractivity contribution in [3.8, 4) is 5.75 Å². The van der Waals surface area contributed by atoms with Gasteiger partial charge in [0.2, 0.25) is 65.0 Å². The summed E-state index contributed by atoms with van der Waals surface area (Å²) in [5, 5.41) is 59.1. The van der Waals surface area contributed by atoms with E-state index in [1.807, 2.05) is 0 Å². The van der Waals surface area contributed by atoms with Gasteiger partial charge in [-0.1, -0.05) is 53.2 Å². The van der Waals surface area contributed by atoms with Crippen LogP contribution in [0.1, 0.15) is 78.4 Å². The number of aliphatic hydroxyl groups is 3. The topological polar surface area (TPSA) is 477 Å². The Balaban J connectivity index is 1.18. The van der Waals surface area contributed by atoms with E-state index in [-0.39, 0.29) is 36.6 Å². The van der Waals surface area contributed by atoms with Crippen molar-refractivity contribution in [2.45, 2.75) is 145 Å². The van der Waals surface area contributed by atoms with Crippen molar-refractivity contribution < 1.29 is 87.2 Å². The summed E-state index contributed by atoms with van der Waals surface area (Å²) < 4.78 is 6.21. The number of nitrogens with two attached hydrogens (primary N) is 1. The molecule has 3 aromatic rings. The molecule has 2 aromatic carbocycles. The molecular weight excluding hydrogens is 1250 g/mol. The first-order chi connectivity index (χ1) is 44.5. The molecule has 32 nitrogen and oxygen atoms in total. The smallest absolute Gasteiger partial charge is 0.253 e. The molecule has 5 heterocycles. The van der Waals surface area contributed by atoms with Crippen LogP contribution in [0, 0.1) is 17.8 Å². The molecule has 1 aromatic heterocycles. The number of nitrogens with zero attached hydrogens (tertiary/aromatic N) is 2. The van der Waals surface area contributed by atoms with Crippen LogP contribution in [0.25, 0.3) is 10.9 Å². The van der Waals surface area contributed by atoms with Gasteiger partial charge in [-0.05, 0) is 54.2 Å². The van der Waals surface area contributed by atoms with Crippen molar-refractivity contribution in [1.29, 1.82) is 0 Å². The first-order valence-corrected chi connectivity index (χ1v) is 31.5. The SMILES string of the molecule is CC[C@H](C)[C@@H]1NC(=O)CNC(=O)[C@@H]2Cc3c([nH]c4cc(OCc5ccc(NC(=O)[C@H](C)NC(=O)[C@@H](NC(=O)CCN6C(=O)C=CC6=O)C(C)C)cc5)ccc34)SCC(NC(=O)CNC1=O)C(=O)N[C@@H](CC(N)=O)C(=O)N1C[C@H](O)C[C@]1(C=O)N[C@@H]([C@@H](C)[C@@H](O)CO)C(=O)N2. The number of aromatic amines is 1. The van der Waals surface area contributed by atoms with Crippen LogP contribution < -0.4 is 63.6 Å². The minimum atomic E-state index is -2.34. The van der Waals surface area contributed by atoms with E-state index in [9.17, 15) is 77.6 Å². The van der Waals surface area contributed by atoms with Crippen LogP contribution in [0.2, 0.25) is 0 Å². The summed E-state index contributed by atoms with van der Waals surface area (Å²) >= 11 is 0.931. The summed E-state index contributed by atoms with van der Waals surface area (Å²) in [6, 6.07) is 1.06. The van der Waals surface area contributed by atoms with E-state index < -0.39 is 200 Å². The lowest BCUT2D eigenvalue weighted by Gasteiger charge is -2.41. The fraction of sp³-hybridized carbons (Fsp3) is 0.508. The zero-order valence-corrected chi connectivity index (χ0v) is 53.3. The zero-order valence-electron chi connectivity index (χ0n) is 52.5. The number of ether oxygens (including phenoxy) is 1. The van der Waals surface area contributed by atoms with Crippen molar-refractivity contribution in [2.24, 2.45) is 23.5 Å². The zero-order chi connectivity index (χ0) is 68.9. The molecule has 33 heteroatoms. The summed E-state index contributed by atoms with van der Waals surface area (Å²) in [7, 11) is 0. The molecule has 4 aliphatic heterocycles. The summed E-state index contributed by atoms with van der Waals surface area (Å²) in [6.45, 7) is 6.35. The summed E-state index contributed by atoms with van der Waals surface area (Å²) in [6.07, 6.45) is -2.54. The predicted molar refractivity (Wildman–Crippen MR) is 334 cm³/mol. The lowest BCUT2D eigenvalue weighted by Crippen LogP contribution is -2.69. The molecule has 1 fully saturated rings. The maximum Gasteiger partial charge on any atom is 0.253 e. The number of primary amides is 1. The molecular formula is C61H80N14O18S. The molecule has 1 saturated heterocycles. The van der Waals surface area contributed by atoms with Crippen molar-refractivity contribution in [2.75, 3.05) is 43.9 Å². The number of amides is 13. The van der Waals surface area contributed by atoms with Crippen LogP contribution in [0.15, 0.2) is 59.6 Å². The minimum Gasteiger partial charge on any atom is -0.489 e. The van der Waals surface area contributed by atoms with E-state index >= 15 is 4.79 Å². The van der Waals surface area contributed by atoms with Gasteiger partial charge < -0.3 is 83.5 Å². The lowest BCUT2D eigenvalue weighted by molar-refractivity contribution is -0.147. The Labute approximate surface area is 543 Å². The number of nitrogens with one attached hydrogen (secondary N) is 11. The molecule has 4 aliphatic rings. The highest BCUT2D eigenvalue weighted by molar-refractivity contribution is 7.99. The quantitative estimate of drug-likeness (QED) is 0.0377. The van der Waals surface area contributed by atoms with Crippen LogP contribution in [0.3, 0.4) is 0 Å². The Morgan fingerprint density at radius 3 is 2.13 bits per heavy atom. The van der Waals surface area contributed by atoms with Crippen LogP contribution in [0.5, 0.6) is 5.75 Å². The van der Waals surface area contributed by atoms with E-state index in [0.717, 1.165) is 33.7 Å². The first kappa shape index (κ1) is 72.1. The summed E-state index contributed by atoms with van der Waals surface area (Å²) in [5.74, 6) is -13.2. The maximum atomic E-state index is 15.0. The molecule has 12 atom stereocenters. The van der Waals surface area contributed by atoms with Crippen LogP contribution in [-0.2, 0) is 80.2 Å². The minimum absolute atomic E-state index is 0.0257. The number of benzene rings is 2. The number of imide groups is 1. The predicted octanol–water partition coefficient (Wildman–Crippen LogP) is -4.16. The number of aldehydes is 1. The highest BCUT2D eigenvalue weighted by Crippen LogP contribution is 2.35. The summed E-state index contributed by atoms with van der Waals surface area (Å²) in [5.41, 5.74) is 4.96. The van der Waals surface area contributed by atoms with Gasteiger partial charge in [0.1, 0.15) is 48.6 Å². The highest BCUT2D eigenvalue weighted by Gasteiger charge is 2.53. The number of anilines is 1. The molecule has 0 spiro atoms. The van der Waals surface area contributed by atoms with Gasteiger partial charge in [0.05, 0.1) is 54.9 Å². The number of hydrogen-bond donors (Lipinski definition) is 15. The van der Waals surface area contributed by atoms with E-state index in [1.165, 1.54) is 13.8 Å². The Bertz CT molecular complexity index is 3440. The van der Waals surface area contributed by atoms with Crippen molar-refractivity contribution in [3.05, 3.63) is 65.7 Å². The number of hydrogen-bond acceptors (Lipinski definition) is 20. The van der Waals surface area contributed by atoms with Crippen molar-refractivity contribution in [3.63, 3.8) is 0 Å². The molecule has 0 aliphatic carbocycles. The Kier molecular flexibility index (Phi) is 24.6. The maximum absolute atomic E-state index is 15.0. The van der Waals surface area contributed by atoms with E-state index in [0.29, 0.717) is 39.9 Å². The molecule has 508 valence electrons. The lowest BCUT2D eigenvalue weighted by atomic mass is 9.92. The number of aromatic nitrogens is 1. The molecule has 13 amide bonds. The number of carbonyl (C=O) groups excluding carboxylic acids is 14. The van der Waals surface area contributed by atoms with Gasteiger partial charge in [-0.25, -0.2) is 0 Å². The Morgan fingerprint density at radius 2 is 1.49 bits per heavy atom. The third-order valence-corrected chi connectivity index (χ3v) is 17.7. The van der Waals surface area contributed by atoms with Gasteiger partial charge in [0.15, 0.2) is 11.9 Å². The number of fused-ring (bicyclic) bond motifs is 5. The van der Waals surface area contributed by atoms with Gasteiger partial charge in [0, 0.05) is 73.3 Å². The van der Waals surface area contributed by atoms with Crippen LogP contribution >= 0.6 is 11.8 Å². The van der Waals surface area contributed by atoms with E-state index in [2.05, 4.69) is 58.2 Å². The Morgan fingerprint density at radius 1 is 0.819 bits per heavy atom. The van der Waals surface area contributed by atoms with E-state index in [1.54, 1.807) is 70.2 Å². The van der Waals surface area contributed by atoms with Crippen molar-refractivity contribution >= 4 is 111 Å². The average Bonchev–Trinajstić information content (AvgIpc) is 1.59. The number of H-pyrrole nitrogens is 1. The largest absolute Gasteiger partial charge is 0.489 e. The van der Waals surface area contributed by atoms with Crippen LogP contribution in [-0.4, -0.2) is 212 Å². The van der Waals surface area contributed by atoms with Gasteiger partial charge in [-0.2, -0.15) is 0 Å². The van der Waals surface area contributed by atoms with Crippen molar-refractivity contribution in [1.82, 2.24) is 62.6 Å². The second-order valence-electron chi connectivity index (χ2n) is 23.9. The molecule has 0 radical (unpaired) electrons. The highest BCUT2D eigenvalue weighted by atomic mass is 32.2. The fourth-order valence-corrected chi connectivity index (χ4v) is 12.1. The number of aliphatic hydroxyl groups excluding tert-OH is 3. The number of thioether (sulfide) groups is 1. The second kappa shape index (κ2) is 32.0. The molecule has 2 bridgehead atoms. The third-order valence-electron chi connectivity index (χ3n) is 16.6. The van der Waals surface area contributed by atoms with Gasteiger partial charge in [0.25, 0.3) is 11.8 Å². The number of rotatable bonds is 20. The molecule has 7 rings (SSSR count). The second-order valence-corrected chi connectivity index (χ2v) is 25.0. The normalized spacial score (nSPS) is 24.3. The molecule has 0 saturated carbocycles. The van der Waals surface area contributed by atoms with Gasteiger partial charge >= 0.3 is 0 Å².